The summed E-state index contributed by atoms with van der Waals surface area (Å²) in [6.45, 7) is 6.81. The summed E-state index contributed by atoms with van der Waals surface area (Å²) in [5, 5.41) is 10.3. The van der Waals surface area contributed by atoms with Gasteiger partial charge in [-0.3, -0.25) is 14.3 Å². The molecule has 3 aromatic heterocycles. The van der Waals surface area contributed by atoms with E-state index < -0.39 is 22.8 Å². The molecule has 3 heterocycles. The lowest BCUT2D eigenvalue weighted by Gasteiger charge is -2.17. The minimum absolute atomic E-state index is 0.0268. The molecule has 0 aliphatic heterocycles. The van der Waals surface area contributed by atoms with Crippen LogP contribution in [0.2, 0.25) is 5.02 Å². The Labute approximate surface area is 217 Å². The van der Waals surface area contributed by atoms with Crippen LogP contribution in [-0.4, -0.2) is 24.6 Å². The molecule has 37 heavy (non-hydrogen) atoms. The first kappa shape index (κ1) is 25.2. The molecule has 0 bridgehead atoms. The number of hydrogen-bond acceptors (Lipinski definition) is 5. The van der Waals surface area contributed by atoms with Crippen molar-refractivity contribution in [1.29, 1.82) is 0 Å². The molecule has 1 aliphatic carbocycles. The van der Waals surface area contributed by atoms with E-state index in [1.807, 2.05) is 13.0 Å². The van der Waals surface area contributed by atoms with Crippen LogP contribution in [0.3, 0.4) is 0 Å². The van der Waals surface area contributed by atoms with E-state index in [1.165, 1.54) is 22.8 Å². The SMILES string of the molecule is Cc1cnc(-c2ccnc(C(C)(C)O)n2)cc1-n1c(C)cc([C@@H]2CC2c2c(F)cccc2F)c(Cl)c1=O. The molecule has 0 amide bonds. The summed E-state index contributed by atoms with van der Waals surface area (Å²) < 4.78 is 30.1. The van der Waals surface area contributed by atoms with E-state index in [2.05, 4.69) is 15.0 Å². The molecule has 6 nitrogen and oxygen atoms in total. The Kier molecular flexibility index (Phi) is 6.20. The van der Waals surface area contributed by atoms with Crippen molar-refractivity contribution in [1.82, 2.24) is 19.5 Å². The molecule has 1 saturated carbocycles. The minimum atomic E-state index is -1.23. The summed E-state index contributed by atoms with van der Waals surface area (Å²) in [5.74, 6) is -1.54. The third-order valence-electron chi connectivity index (χ3n) is 6.70. The van der Waals surface area contributed by atoms with Crippen LogP contribution in [-0.2, 0) is 5.60 Å². The van der Waals surface area contributed by atoms with Crippen LogP contribution in [0.4, 0.5) is 8.78 Å². The number of aliphatic hydroxyl groups is 1. The van der Waals surface area contributed by atoms with Crippen LogP contribution < -0.4 is 5.56 Å². The lowest BCUT2D eigenvalue weighted by atomic mass is 10.0. The third kappa shape index (κ3) is 4.55. The zero-order chi connectivity index (χ0) is 26.6. The molecule has 1 N–H and O–H groups in total. The Morgan fingerprint density at radius 1 is 1.05 bits per heavy atom. The van der Waals surface area contributed by atoms with Gasteiger partial charge in [-0.15, -0.1) is 0 Å². The maximum Gasteiger partial charge on any atom is 0.274 e. The molecular formula is C28H25ClF2N4O2. The van der Waals surface area contributed by atoms with E-state index in [0.717, 1.165) is 5.56 Å². The maximum absolute atomic E-state index is 14.3. The maximum atomic E-state index is 14.3. The predicted octanol–water partition coefficient (Wildman–Crippen LogP) is 5.74. The molecule has 1 aromatic carbocycles. The zero-order valence-electron chi connectivity index (χ0n) is 20.8. The molecule has 190 valence electrons. The van der Waals surface area contributed by atoms with Crippen molar-refractivity contribution < 1.29 is 13.9 Å². The number of halogens is 3. The van der Waals surface area contributed by atoms with Gasteiger partial charge in [-0.25, -0.2) is 18.7 Å². The number of nitrogens with zero attached hydrogens (tertiary/aromatic N) is 4. The van der Waals surface area contributed by atoms with Crippen molar-refractivity contribution in [3.8, 4) is 17.1 Å². The summed E-state index contributed by atoms with van der Waals surface area (Å²) in [7, 11) is 0. The summed E-state index contributed by atoms with van der Waals surface area (Å²) in [4.78, 5) is 26.5. The largest absolute Gasteiger partial charge is 0.382 e. The van der Waals surface area contributed by atoms with E-state index in [0.29, 0.717) is 34.8 Å². The van der Waals surface area contributed by atoms with Crippen LogP contribution in [0.1, 0.15) is 60.3 Å². The lowest BCUT2D eigenvalue weighted by Crippen LogP contribution is -2.23. The number of hydrogen-bond donors (Lipinski definition) is 1. The summed E-state index contributed by atoms with van der Waals surface area (Å²) in [5.41, 5.74) is 1.92. The van der Waals surface area contributed by atoms with Crippen molar-refractivity contribution >= 4 is 11.6 Å². The predicted molar refractivity (Wildman–Crippen MR) is 137 cm³/mol. The van der Waals surface area contributed by atoms with Crippen molar-refractivity contribution in [2.24, 2.45) is 0 Å². The number of pyridine rings is 2. The monoisotopic (exact) mass is 522 g/mol. The molecule has 0 saturated heterocycles. The zero-order valence-corrected chi connectivity index (χ0v) is 21.5. The second-order valence-electron chi connectivity index (χ2n) is 9.96. The fraction of sp³-hybridized carbons (Fsp3) is 0.286. The smallest absolute Gasteiger partial charge is 0.274 e. The molecule has 1 fully saturated rings. The molecule has 9 heteroatoms. The van der Waals surface area contributed by atoms with E-state index in [9.17, 15) is 18.7 Å². The highest BCUT2D eigenvalue weighted by atomic mass is 35.5. The number of benzene rings is 1. The second-order valence-corrected chi connectivity index (χ2v) is 10.3. The molecule has 1 aliphatic rings. The van der Waals surface area contributed by atoms with Gasteiger partial charge in [0.05, 0.1) is 17.1 Å². The molecular weight excluding hydrogens is 498 g/mol. The van der Waals surface area contributed by atoms with Crippen LogP contribution in [0.25, 0.3) is 17.1 Å². The van der Waals surface area contributed by atoms with Gasteiger partial charge in [-0.05, 0) is 87.4 Å². The highest BCUT2D eigenvalue weighted by Gasteiger charge is 2.44. The van der Waals surface area contributed by atoms with Gasteiger partial charge >= 0.3 is 0 Å². The standard InChI is InChI=1S/C28H25ClF2N4O2/c1-14-13-33-22(21-8-9-32-27(34-21)28(3,4)37)12-23(14)35-15(2)10-18(25(29)26(35)36)16-11-17(16)24-19(30)6-5-7-20(24)31/h5-10,12-13,16-17,37H,11H2,1-4H3/t16-,17?/m1/s1. The first-order valence-corrected chi connectivity index (χ1v) is 12.2. The number of rotatable bonds is 5. The Morgan fingerprint density at radius 3 is 2.43 bits per heavy atom. The molecule has 0 radical (unpaired) electrons. The Hall–Kier alpha value is -3.49. The first-order valence-electron chi connectivity index (χ1n) is 11.9. The van der Waals surface area contributed by atoms with E-state index in [4.69, 9.17) is 11.6 Å². The molecule has 5 rings (SSSR count). The van der Waals surface area contributed by atoms with Gasteiger partial charge in [0.15, 0.2) is 5.82 Å². The average molecular weight is 523 g/mol. The lowest BCUT2D eigenvalue weighted by molar-refractivity contribution is 0.0688. The van der Waals surface area contributed by atoms with Crippen molar-refractivity contribution in [2.45, 2.75) is 51.6 Å². The summed E-state index contributed by atoms with van der Waals surface area (Å²) in [6, 6.07) is 9.05. The van der Waals surface area contributed by atoms with Crippen molar-refractivity contribution in [2.75, 3.05) is 0 Å². The van der Waals surface area contributed by atoms with Gasteiger partial charge < -0.3 is 5.11 Å². The van der Waals surface area contributed by atoms with Crippen LogP contribution in [0.15, 0.2) is 53.6 Å². The normalized spacial score (nSPS) is 17.2. The van der Waals surface area contributed by atoms with Crippen LogP contribution >= 0.6 is 11.6 Å². The van der Waals surface area contributed by atoms with Crippen LogP contribution in [0, 0.1) is 25.5 Å². The average Bonchev–Trinajstić information content (AvgIpc) is 3.62. The van der Waals surface area contributed by atoms with Gasteiger partial charge in [-0.1, -0.05) is 17.7 Å². The number of aromatic nitrogens is 4. The minimum Gasteiger partial charge on any atom is -0.382 e. The van der Waals surface area contributed by atoms with Gasteiger partial charge in [-0.2, -0.15) is 0 Å². The second kappa shape index (κ2) is 9.11. The fourth-order valence-electron chi connectivity index (χ4n) is 4.72. The Bertz CT molecular complexity index is 1580. The quantitative estimate of drug-likeness (QED) is 0.362. The molecule has 2 atom stereocenters. The van der Waals surface area contributed by atoms with E-state index in [-0.39, 0.29) is 28.2 Å². The summed E-state index contributed by atoms with van der Waals surface area (Å²) >= 11 is 6.58. The van der Waals surface area contributed by atoms with E-state index in [1.54, 1.807) is 45.3 Å². The van der Waals surface area contributed by atoms with E-state index >= 15 is 0 Å². The van der Waals surface area contributed by atoms with Gasteiger partial charge in [0, 0.05) is 23.7 Å². The van der Waals surface area contributed by atoms with Crippen molar-refractivity contribution in [3.05, 3.63) is 104 Å². The fourth-order valence-corrected chi connectivity index (χ4v) is 5.00. The van der Waals surface area contributed by atoms with Gasteiger partial charge in [0.2, 0.25) is 0 Å². The highest BCUT2D eigenvalue weighted by molar-refractivity contribution is 6.31. The Balaban J connectivity index is 1.55. The highest BCUT2D eigenvalue weighted by Crippen LogP contribution is 2.57. The summed E-state index contributed by atoms with van der Waals surface area (Å²) in [6.07, 6.45) is 3.70. The molecule has 4 aromatic rings. The topological polar surface area (TPSA) is 80.9 Å². The van der Waals surface area contributed by atoms with Crippen LogP contribution in [0.5, 0.6) is 0 Å². The Morgan fingerprint density at radius 2 is 1.76 bits per heavy atom. The third-order valence-corrected chi connectivity index (χ3v) is 7.08. The number of aryl methyl sites for hydroxylation is 2. The molecule has 0 spiro atoms. The van der Waals surface area contributed by atoms with Gasteiger partial charge in [0.1, 0.15) is 22.3 Å². The van der Waals surface area contributed by atoms with Gasteiger partial charge in [0.25, 0.3) is 5.56 Å². The first-order chi connectivity index (χ1) is 17.5. The molecule has 1 unspecified atom stereocenters. The van der Waals surface area contributed by atoms with Crippen molar-refractivity contribution in [3.63, 3.8) is 0 Å².